The zero-order valence-electron chi connectivity index (χ0n) is 12.5. The minimum Gasteiger partial charge on any atom is -0.252 e. The topological polar surface area (TPSA) is 30.7 Å². The van der Waals surface area contributed by atoms with Crippen molar-refractivity contribution in [3.05, 3.63) is 17.5 Å². The van der Waals surface area contributed by atoms with Gasteiger partial charge in [-0.05, 0) is 38.2 Å². The van der Waals surface area contributed by atoms with Crippen molar-refractivity contribution in [1.82, 2.24) is 15.0 Å². The van der Waals surface area contributed by atoms with Crippen LogP contribution in [0.2, 0.25) is 0 Å². The van der Waals surface area contributed by atoms with Gasteiger partial charge in [0.15, 0.2) is 0 Å². The SMILES string of the molecule is CC(C)=Cc1cn(CCCCC(C)C(C)C)nn1. The van der Waals surface area contributed by atoms with Gasteiger partial charge >= 0.3 is 0 Å². The molecule has 1 rings (SSSR count). The van der Waals surface area contributed by atoms with Crippen LogP contribution in [0.25, 0.3) is 6.08 Å². The fourth-order valence-corrected chi connectivity index (χ4v) is 1.86. The Hall–Kier alpha value is -1.12. The molecule has 18 heavy (non-hydrogen) atoms. The largest absolute Gasteiger partial charge is 0.252 e. The number of aromatic nitrogens is 3. The number of allylic oxidation sites excluding steroid dienone is 1. The first-order valence-electron chi connectivity index (χ1n) is 7.04. The van der Waals surface area contributed by atoms with Gasteiger partial charge in [0.2, 0.25) is 0 Å². The molecule has 0 bridgehead atoms. The molecule has 0 aliphatic rings. The molecule has 0 radical (unpaired) electrons. The molecule has 3 heteroatoms. The second kappa shape index (κ2) is 7.34. The Kier molecular flexibility index (Phi) is 6.10. The van der Waals surface area contributed by atoms with Crippen molar-refractivity contribution >= 4 is 6.08 Å². The molecule has 0 aliphatic heterocycles. The number of rotatable bonds is 7. The number of hydrogen-bond acceptors (Lipinski definition) is 2. The van der Waals surface area contributed by atoms with E-state index < -0.39 is 0 Å². The minimum absolute atomic E-state index is 0.792. The zero-order chi connectivity index (χ0) is 13.5. The van der Waals surface area contributed by atoms with Crippen LogP contribution >= 0.6 is 0 Å². The van der Waals surface area contributed by atoms with Gasteiger partial charge in [0.05, 0.1) is 6.20 Å². The van der Waals surface area contributed by atoms with E-state index in [1.54, 1.807) is 0 Å². The van der Waals surface area contributed by atoms with E-state index >= 15 is 0 Å². The van der Waals surface area contributed by atoms with Crippen molar-refractivity contribution in [2.24, 2.45) is 11.8 Å². The fraction of sp³-hybridized carbons (Fsp3) is 0.733. The van der Waals surface area contributed by atoms with E-state index in [9.17, 15) is 0 Å². The molecule has 0 saturated heterocycles. The van der Waals surface area contributed by atoms with Crippen molar-refractivity contribution in [2.45, 2.75) is 60.4 Å². The number of aryl methyl sites for hydroxylation is 1. The lowest BCUT2D eigenvalue weighted by Gasteiger charge is -2.14. The summed E-state index contributed by atoms with van der Waals surface area (Å²) in [6.45, 7) is 12.1. The second-order valence-electron chi connectivity index (χ2n) is 5.85. The molecular formula is C15H27N3. The quantitative estimate of drug-likeness (QED) is 0.679. The van der Waals surface area contributed by atoms with Crippen molar-refractivity contribution in [1.29, 1.82) is 0 Å². The molecule has 0 spiro atoms. The van der Waals surface area contributed by atoms with Crippen LogP contribution in [0.15, 0.2) is 11.8 Å². The maximum atomic E-state index is 4.14. The van der Waals surface area contributed by atoms with E-state index in [2.05, 4.69) is 51.0 Å². The third-order valence-electron chi connectivity index (χ3n) is 3.43. The Labute approximate surface area is 111 Å². The highest BCUT2D eigenvalue weighted by molar-refractivity contribution is 5.45. The summed E-state index contributed by atoms with van der Waals surface area (Å²) in [7, 11) is 0. The smallest absolute Gasteiger partial charge is 0.105 e. The summed E-state index contributed by atoms with van der Waals surface area (Å²) >= 11 is 0. The first kappa shape index (κ1) is 14.9. The predicted molar refractivity (Wildman–Crippen MR) is 77.2 cm³/mol. The highest BCUT2D eigenvalue weighted by atomic mass is 15.4. The molecule has 1 unspecified atom stereocenters. The molecule has 0 saturated carbocycles. The Morgan fingerprint density at radius 1 is 1.28 bits per heavy atom. The van der Waals surface area contributed by atoms with E-state index in [1.165, 1.54) is 24.8 Å². The molecule has 1 atom stereocenters. The third-order valence-corrected chi connectivity index (χ3v) is 3.43. The Balaban J connectivity index is 2.28. The highest BCUT2D eigenvalue weighted by Crippen LogP contribution is 2.17. The van der Waals surface area contributed by atoms with Crippen LogP contribution in [-0.4, -0.2) is 15.0 Å². The van der Waals surface area contributed by atoms with Gasteiger partial charge in [0, 0.05) is 6.54 Å². The zero-order valence-corrected chi connectivity index (χ0v) is 12.5. The fourth-order valence-electron chi connectivity index (χ4n) is 1.86. The standard InChI is InChI=1S/C15H27N3/c1-12(2)10-15-11-18(17-16-15)9-7-6-8-14(5)13(3)4/h10-11,13-14H,6-9H2,1-5H3. The summed E-state index contributed by atoms with van der Waals surface area (Å²) in [5.41, 5.74) is 2.22. The van der Waals surface area contributed by atoms with Gasteiger partial charge in [-0.1, -0.05) is 44.4 Å². The highest BCUT2D eigenvalue weighted by Gasteiger charge is 2.06. The van der Waals surface area contributed by atoms with Gasteiger partial charge in [-0.3, -0.25) is 4.68 Å². The van der Waals surface area contributed by atoms with Gasteiger partial charge < -0.3 is 0 Å². The number of hydrogen-bond donors (Lipinski definition) is 0. The normalized spacial score (nSPS) is 12.8. The molecule has 0 fully saturated rings. The van der Waals surface area contributed by atoms with Gasteiger partial charge in [-0.2, -0.15) is 0 Å². The minimum atomic E-state index is 0.792. The lowest BCUT2D eigenvalue weighted by molar-refractivity contribution is 0.370. The van der Waals surface area contributed by atoms with Crippen LogP contribution in [0, 0.1) is 11.8 Å². The maximum absolute atomic E-state index is 4.14. The molecule has 0 N–H and O–H groups in total. The molecular weight excluding hydrogens is 222 g/mol. The summed E-state index contributed by atoms with van der Waals surface area (Å²) in [5, 5.41) is 8.28. The summed E-state index contributed by atoms with van der Waals surface area (Å²) in [6.07, 6.45) is 7.86. The Morgan fingerprint density at radius 3 is 2.61 bits per heavy atom. The molecule has 102 valence electrons. The summed E-state index contributed by atoms with van der Waals surface area (Å²) in [5.74, 6) is 1.61. The second-order valence-corrected chi connectivity index (χ2v) is 5.85. The molecule has 1 heterocycles. The molecule has 1 aromatic rings. The van der Waals surface area contributed by atoms with Crippen LogP contribution in [0.5, 0.6) is 0 Å². The number of unbranched alkanes of at least 4 members (excludes halogenated alkanes) is 1. The van der Waals surface area contributed by atoms with E-state index in [4.69, 9.17) is 0 Å². The molecule has 0 aliphatic carbocycles. The first-order chi connectivity index (χ1) is 8.49. The summed E-state index contributed by atoms with van der Waals surface area (Å²) < 4.78 is 1.95. The summed E-state index contributed by atoms with van der Waals surface area (Å²) in [4.78, 5) is 0. The Morgan fingerprint density at radius 2 is 2.00 bits per heavy atom. The summed E-state index contributed by atoms with van der Waals surface area (Å²) in [6, 6.07) is 0. The average molecular weight is 249 g/mol. The van der Waals surface area contributed by atoms with Crippen molar-refractivity contribution < 1.29 is 0 Å². The number of nitrogens with zero attached hydrogens (tertiary/aromatic N) is 3. The van der Waals surface area contributed by atoms with Crippen LogP contribution in [0.4, 0.5) is 0 Å². The van der Waals surface area contributed by atoms with Crippen molar-refractivity contribution in [3.8, 4) is 0 Å². The molecule has 1 aromatic heterocycles. The predicted octanol–water partition coefficient (Wildman–Crippen LogP) is 4.16. The van der Waals surface area contributed by atoms with Crippen LogP contribution < -0.4 is 0 Å². The van der Waals surface area contributed by atoms with Crippen LogP contribution in [0.3, 0.4) is 0 Å². The average Bonchev–Trinajstić information content (AvgIpc) is 2.70. The Bertz CT molecular complexity index is 373. The molecule has 3 nitrogen and oxygen atoms in total. The lowest BCUT2D eigenvalue weighted by atomic mass is 9.93. The monoisotopic (exact) mass is 249 g/mol. The van der Waals surface area contributed by atoms with Gasteiger partial charge in [0.25, 0.3) is 0 Å². The van der Waals surface area contributed by atoms with Gasteiger partial charge in [-0.15, -0.1) is 5.10 Å². The van der Waals surface area contributed by atoms with Crippen molar-refractivity contribution in [2.75, 3.05) is 0 Å². The van der Waals surface area contributed by atoms with Crippen LogP contribution in [0.1, 0.15) is 59.6 Å². The van der Waals surface area contributed by atoms with E-state index in [1.807, 2.05) is 10.9 Å². The molecule has 0 amide bonds. The van der Waals surface area contributed by atoms with Crippen molar-refractivity contribution in [3.63, 3.8) is 0 Å². The van der Waals surface area contributed by atoms with E-state index in [0.717, 1.165) is 24.1 Å². The molecule has 0 aromatic carbocycles. The lowest BCUT2D eigenvalue weighted by Crippen LogP contribution is -2.05. The first-order valence-corrected chi connectivity index (χ1v) is 7.04. The van der Waals surface area contributed by atoms with Crippen LogP contribution in [-0.2, 0) is 6.54 Å². The third kappa shape index (κ3) is 5.48. The van der Waals surface area contributed by atoms with E-state index in [0.29, 0.717) is 0 Å². The van der Waals surface area contributed by atoms with Gasteiger partial charge in [0.1, 0.15) is 5.69 Å². The maximum Gasteiger partial charge on any atom is 0.105 e. The van der Waals surface area contributed by atoms with E-state index in [-0.39, 0.29) is 0 Å². The van der Waals surface area contributed by atoms with Gasteiger partial charge in [-0.25, -0.2) is 0 Å².